The van der Waals surface area contributed by atoms with Crippen molar-refractivity contribution in [3.63, 3.8) is 0 Å². The molecule has 1 rings (SSSR count). The quantitative estimate of drug-likeness (QED) is 0.774. The number of rotatable bonds is 4. The van der Waals surface area contributed by atoms with Gasteiger partial charge in [0.15, 0.2) is 0 Å². The van der Waals surface area contributed by atoms with Crippen LogP contribution in [-0.2, 0) is 4.79 Å². The van der Waals surface area contributed by atoms with Crippen LogP contribution in [0.5, 0.6) is 0 Å². The standard InChI is InChI=1S/C8H12F2O2S/c9-8(10,7(11)12)13-5-6-3-1-2-4-6/h6H,1-5H2,(H,11,12). The summed E-state index contributed by atoms with van der Waals surface area (Å²) in [7, 11) is 0. The summed E-state index contributed by atoms with van der Waals surface area (Å²) in [4.78, 5) is 10.1. The Morgan fingerprint density at radius 2 is 2.00 bits per heavy atom. The maximum atomic E-state index is 12.6. The van der Waals surface area contributed by atoms with Crippen LogP contribution < -0.4 is 0 Å². The minimum atomic E-state index is -3.61. The van der Waals surface area contributed by atoms with E-state index in [1.54, 1.807) is 0 Å². The van der Waals surface area contributed by atoms with Gasteiger partial charge in [-0.1, -0.05) is 24.6 Å². The maximum Gasteiger partial charge on any atom is 0.388 e. The third-order valence-electron chi connectivity index (χ3n) is 2.22. The van der Waals surface area contributed by atoms with Gasteiger partial charge in [0.05, 0.1) is 0 Å². The number of carbonyl (C=O) groups is 1. The van der Waals surface area contributed by atoms with Gasteiger partial charge in [0, 0.05) is 5.75 Å². The minimum Gasteiger partial charge on any atom is -0.476 e. The van der Waals surface area contributed by atoms with Gasteiger partial charge in [0.25, 0.3) is 0 Å². The molecule has 0 spiro atoms. The second kappa shape index (κ2) is 4.26. The molecule has 1 N–H and O–H groups in total. The van der Waals surface area contributed by atoms with Crippen molar-refractivity contribution in [2.45, 2.75) is 30.9 Å². The summed E-state index contributed by atoms with van der Waals surface area (Å²) in [6.45, 7) is 0. The van der Waals surface area contributed by atoms with Crippen LogP contribution in [-0.4, -0.2) is 22.1 Å². The van der Waals surface area contributed by atoms with Crippen LogP contribution in [0, 0.1) is 5.92 Å². The summed E-state index contributed by atoms with van der Waals surface area (Å²) >= 11 is 0.251. The smallest absolute Gasteiger partial charge is 0.388 e. The van der Waals surface area contributed by atoms with Crippen LogP contribution in [0.15, 0.2) is 0 Å². The average molecular weight is 210 g/mol. The Kier molecular flexibility index (Phi) is 3.53. The highest BCUT2D eigenvalue weighted by molar-refractivity contribution is 8.01. The van der Waals surface area contributed by atoms with Gasteiger partial charge in [0.2, 0.25) is 0 Å². The maximum absolute atomic E-state index is 12.6. The fraction of sp³-hybridized carbons (Fsp3) is 0.875. The number of halogens is 2. The molecule has 0 saturated heterocycles. The Morgan fingerprint density at radius 1 is 1.46 bits per heavy atom. The van der Waals surface area contributed by atoms with Crippen molar-refractivity contribution in [2.75, 3.05) is 5.75 Å². The lowest BCUT2D eigenvalue weighted by Gasteiger charge is -2.13. The predicted molar refractivity (Wildman–Crippen MR) is 47.0 cm³/mol. The first-order valence-corrected chi connectivity index (χ1v) is 5.26. The highest BCUT2D eigenvalue weighted by atomic mass is 32.2. The van der Waals surface area contributed by atoms with Gasteiger partial charge < -0.3 is 5.11 Å². The summed E-state index contributed by atoms with van der Waals surface area (Å²) in [5, 5.41) is 4.54. The van der Waals surface area contributed by atoms with Crippen LogP contribution in [0.25, 0.3) is 0 Å². The summed E-state index contributed by atoms with van der Waals surface area (Å²) in [5.41, 5.74) is 0. The lowest BCUT2D eigenvalue weighted by atomic mass is 10.1. The molecular weight excluding hydrogens is 198 g/mol. The van der Waals surface area contributed by atoms with Crippen molar-refractivity contribution in [3.05, 3.63) is 0 Å². The molecule has 1 saturated carbocycles. The minimum absolute atomic E-state index is 0.251. The van der Waals surface area contributed by atoms with Crippen molar-refractivity contribution >= 4 is 17.7 Å². The SMILES string of the molecule is O=C(O)C(F)(F)SCC1CCCC1. The Hall–Kier alpha value is -0.320. The first-order valence-electron chi connectivity index (χ1n) is 4.27. The van der Waals surface area contributed by atoms with E-state index in [0.717, 1.165) is 25.7 Å². The highest BCUT2D eigenvalue weighted by Gasteiger charge is 2.40. The molecule has 76 valence electrons. The van der Waals surface area contributed by atoms with E-state index in [4.69, 9.17) is 5.11 Å². The molecule has 5 heteroatoms. The number of hydrogen-bond donors (Lipinski definition) is 1. The molecule has 0 aromatic carbocycles. The Bertz CT molecular complexity index is 191. The largest absolute Gasteiger partial charge is 0.476 e. The molecule has 0 atom stereocenters. The lowest BCUT2D eigenvalue weighted by Crippen LogP contribution is -2.25. The molecule has 0 bridgehead atoms. The van der Waals surface area contributed by atoms with E-state index in [0.29, 0.717) is 0 Å². The van der Waals surface area contributed by atoms with Crippen LogP contribution >= 0.6 is 11.8 Å². The summed E-state index contributed by atoms with van der Waals surface area (Å²) in [6.07, 6.45) is 4.10. The molecule has 2 nitrogen and oxygen atoms in total. The van der Waals surface area contributed by atoms with Gasteiger partial charge in [-0.2, -0.15) is 8.78 Å². The van der Waals surface area contributed by atoms with Crippen molar-refractivity contribution < 1.29 is 18.7 Å². The van der Waals surface area contributed by atoms with E-state index < -0.39 is 11.2 Å². The number of thioether (sulfide) groups is 1. The van der Waals surface area contributed by atoms with E-state index in [1.165, 1.54) is 0 Å². The Labute approximate surface area is 79.7 Å². The van der Waals surface area contributed by atoms with E-state index in [2.05, 4.69) is 0 Å². The van der Waals surface area contributed by atoms with Gasteiger partial charge >= 0.3 is 11.2 Å². The number of carboxylic acids is 1. The second-order valence-electron chi connectivity index (χ2n) is 3.28. The third kappa shape index (κ3) is 3.14. The summed E-state index contributed by atoms with van der Waals surface area (Å²) < 4.78 is 25.1. The number of hydrogen-bond acceptors (Lipinski definition) is 2. The van der Waals surface area contributed by atoms with E-state index >= 15 is 0 Å². The average Bonchev–Trinajstić information content (AvgIpc) is 2.52. The van der Waals surface area contributed by atoms with Crippen LogP contribution in [0.4, 0.5) is 8.78 Å². The van der Waals surface area contributed by atoms with Crippen molar-refractivity contribution in [1.29, 1.82) is 0 Å². The van der Waals surface area contributed by atoms with Gasteiger partial charge in [-0.15, -0.1) is 0 Å². The van der Waals surface area contributed by atoms with Gasteiger partial charge in [-0.25, -0.2) is 4.79 Å². The molecule has 0 aromatic heterocycles. The zero-order valence-electron chi connectivity index (χ0n) is 7.13. The first-order chi connectivity index (χ1) is 6.02. The van der Waals surface area contributed by atoms with Crippen molar-refractivity contribution in [2.24, 2.45) is 5.92 Å². The molecule has 0 aromatic rings. The zero-order valence-corrected chi connectivity index (χ0v) is 7.95. The van der Waals surface area contributed by atoms with Crippen LogP contribution in [0.2, 0.25) is 0 Å². The highest BCUT2D eigenvalue weighted by Crippen LogP contribution is 2.35. The van der Waals surface area contributed by atoms with Gasteiger partial charge in [0.1, 0.15) is 0 Å². The Morgan fingerprint density at radius 3 is 2.46 bits per heavy atom. The molecule has 0 amide bonds. The number of carboxylic acid groups (broad SMARTS) is 1. The molecular formula is C8H12F2O2S. The fourth-order valence-electron chi connectivity index (χ4n) is 1.46. The summed E-state index contributed by atoms with van der Waals surface area (Å²) in [6, 6.07) is 0. The van der Waals surface area contributed by atoms with E-state index in [1.807, 2.05) is 0 Å². The third-order valence-corrected chi connectivity index (χ3v) is 3.40. The fourth-order valence-corrected chi connectivity index (χ4v) is 2.36. The zero-order chi connectivity index (χ0) is 9.90. The molecule has 1 fully saturated rings. The van der Waals surface area contributed by atoms with Crippen LogP contribution in [0.1, 0.15) is 25.7 Å². The van der Waals surface area contributed by atoms with Crippen molar-refractivity contribution in [3.8, 4) is 0 Å². The number of aliphatic carboxylic acids is 1. The molecule has 13 heavy (non-hydrogen) atoms. The molecule has 0 heterocycles. The lowest BCUT2D eigenvalue weighted by molar-refractivity contribution is -0.152. The molecule has 1 aliphatic rings. The molecule has 1 aliphatic carbocycles. The summed E-state index contributed by atoms with van der Waals surface area (Å²) in [5.74, 6) is -1.48. The monoisotopic (exact) mass is 210 g/mol. The van der Waals surface area contributed by atoms with Crippen molar-refractivity contribution in [1.82, 2.24) is 0 Å². The topological polar surface area (TPSA) is 37.3 Å². The Balaban J connectivity index is 2.28. The molecule has 0 radical (unpaired) electrons. The van der Waals surface area contributed by atoms with Gasteiger partial charge in [-0.3, -0.25) is 0 Å². The van der Waals surface area contributed by atoms with E-state index in [9.17, 15) is 13.6 Å². The first kappa shape index (κ1) is 10.8. The van der Waals surface area contributed by atoms with Crippen LogP contribution in [0.3, 0.4) is 0 Å². The predicted octanol–water partition coefficient (Wildman–Crippen LogP) is 2.59. The van der Waals surface area contributed by atoms with Gasteiger partial charge in [-0.05, 0) is 18.8 Å². The normalized spacial score (nSPS) is 19.2. The molecule has 0 aliphatic heterocycles. The number of alkyl halides is 2. The molecule has 0 unspecified atom stereocenters. The van der Waals surface area contributed by atoms with E-state index in [-0.39, 0.29) is 23.4 Å². The second-order valence-corrected chi connectivity index (χ2v) is 4.42.